The number of non-ortho nitro benzene ring substituents is 1. The van der Waals surface area contributed by atoms with Crippen LogP contribution < -0.4 is 10.2 Å². The van der Waals surface area contributed by atoms with Gasteiger partial charge >= 0.3 is 0 Å². The van der Waals surface area contributed by atoms with E-state index in [0.29, 0.717) is 19.8 Å². The Labute approximate surface area is 166 Å². The monoisotopic (exact) mass is 408 g/mol. The fourth-order valence-electron chi connectivity index (χ4n) is 3.27. The second-order valence-electron chi connectivity index (χ2n) is 6.51. The largest absolute Gasteiger partial charge is 0.370 e. The number of nitro benzene ring substituents is 1. The molecule has 0 bridgehead atoms. The lowest BCUT2D eigenvalue weighted by Crippen LogP contribution is -3.15. The van der Waals surface area contributed by atoms with E-state index in [4.69, 9.17) is 16.3 Å². The molecule has 0 unspecified atom stereocenters. The van der Waals surface area contributed by atoms with E-state index in [-0.39, 0.29) is 28.1 Å². The Kier molecular flexibility index (Phi) is 6.56. The molecule has 1 heterocycles. The van der Waals surface area contributed by atoms with Crippen molar-refractivity contribution < 1.29 is 23.7 Å². The first-order valence-electron chi connectivity index (χ1n) is 8.85. The zero-order valence-corrected chi connectivity index (χ0v) is 15.7. The predicted molar refractivity (Wildman–Crippen MR) is 101 cm³/mol. The minimum absolute atomic E-state index is 0.0174. The van der Waals surface area contributed by atoms with E-state index in [9.17, 15) is 19.3 Å². The molecule has 2 aromatic rings. The molecule has 0 aromatic heterocycles. The van der Waals surface area contributed by atoms with Gasteiger partial charge in [0.2, 0.25) is 0 Å². The van der Waals surface area contributed by atoms with E-state index >= 15 is 0 Å². The highest BCUT2D eigenvalue weighted by Crippen LogP contribution is 2.22. The molecule has 1 aliphatic heterocycles. The molecule has 28 heavy (non-hydrogen) atoms. The van der Waals surface area contributed by atoms with Crippen molar-refractivity contribution in [3.63, 3.8) is 0 Å². The zero-order chi connectivity index (χ0) is 20.1. The lowest BCUT2D eigenvalue weighted by atomic mass is 10.0. The van der Waals surface area contributed by atoms with Crippen molar-refractivity contribution in [2.45, 2.75) is 6.04 Å². The van der Waals surface area contributed by atoms with Gasteiger partial charge in [-0.15, -0.1) is 0 Å². The molecule has 2 N–H and O–H groups in total. The third-order valence-electron chi connectivity index (χ3n) is 4.78. The van der Waals surface area contributed by atoms with Crippen LogP contribution in [-0.2, 0) is 4.74 Å². The van der Waals surface area contributed by atoms with Gasteiger partial charge in [0, 0.05) is 17.7 Å². The van der Waals surface area contributed by atoms with E-state index in [1.165, 1.54) is 29.2 Å². The van der Waals surface area contributed by atoms with Crippen molar-refractivity contribution in [3.05, 3.63) is 74.5 Å². The number of hydrogen-bond acceptors (Lipinski definition) is 4. The zero-order valence-electron chi connectivity index (χ0n) is 15.0. The molecule has 2 aromatic carbocycles. The summed E-state index contributed by atoms with van der Waals surface area (Å²) in [5.41, 5.74) is 0.902. The van der Waals surface area contributed by atoms with E-state index in [1.807, 2.05) is 0 Å². The SMILES string of the molecule is O=C(NC[C@@H](c1ccc(F)cc1)[NH+]1CCOCC1)c1ccc([N+](=O)[O-])cc1Cl. The number of hydrogen-bond donors (Lipinski definition) is 2. The first kappa shape index (κ1) is 20.2. The van der Waals surface area contributed by atoms with Crippen LogP contribution in [0.4, 0.5) is 10.1 Å². The Morgan fingerprint density at radius 2 is 1.93 bits per heavy atom. The van der Waals surface area contributed by atoms with Crippen LogP contribution in [-0.4, -0.2) is 43.7 Å². The Morgan fingerprint density at radius 3 is 2.54 bits per heavy atom. The number of ether oxygens (including phenoxy) is 1. The van der Waals surface area contributed by atoms with Crippen molar-refractivity contribution in [1.29, 1.82) is 0 Å². The smallest absolute Gasteiger partial charge is 0.270 e. The van der Waals surface area contributed by atoms with Crippen LogP contribution in [0.15, 0.2) is 42.5 Å². The van der Waals surface area contributed by atoms with Crippen molar-refractivity contribution >= 4 is 23.2 Å². The average Bonchev–Trinajstić information content (AvgIpc) is 2.70. The van der Waals surface area contributed by atoms with Crippen LogP contribution in [0.1, 0.15) is 22.0 Å². The van der Waals surface area contributed by atoms with Crippen molar-refractivity contribution in [1.82, 2.24) is 5.32 Å². The van der Waals surface area contributed by atoms with Gasteiger partial charge < -0.3 is 15.0 Å². The molecule has 148 valence electrons. The summed E-state index contributed by atoms with van der Waals surface area (Å²) in [6.45, 7) is 3.10. The highest BCUT2D eigenvalue weighted by atomic mass is 35.5. The molecule has 9 heteroatoms. The summed E-state index contributed by atoms with van der Waals surface area (Å²) in [7, 11) is 0. The van der Waals surface area contributed by atoms with Crippen molar-refractivity contribution in [2.75, 3.05) is 32.8 Å². The lowest BCUT2D eigenvalue weighted by Gasteiger charge is -2.32. The van der Waals surface area contributed by atoms with Gasteiger partial charge in [0.05, 0.1) is 35.3 Å². The second kappa shape index (κ2) is 9.09. The van der Waals surface area contributed by atoms with Crippen LogP contribution in [0, 0.1) is 15.9 Å². The Balaban J connectivity index is 1.74. The first-order valence-corrected chi connectivity index (χ1v) is 9.23. The number of benzene rings is 2. The molecule has 1 saturated heterocycles. The summed E-state index contributed by atoms with van der Waals surface area (Å²) in [5, 5.41) is 13.7. The van der Waals surface area contributed by atoms with Crippen LogP contribution in [0.5, 0.6) is 0 Å². The second-order valence-corrected chi connectivity index (χ2v) is 6.91. The van der Waals surface area contributed by atoms with Gasteiger partial charge in [0.1, 0.15) is 24.9 Å². The van der Waals surface area contributed by atoms with Gasteiger partial charge in [0.15, 0.2) is 0 Å². The third-order valence-corrected chi connectivity index (χ3v) is 5.09. The minimum atomic E-state index is -0.570. The maximum atomic E-state index is 13.3. The standard InChI is InChI=1S/C19H19ClFN3O4/c20-17-11-15(24(26)27)5-6-16(17)19(25)22-12-18(23-7-9-28-10-8-23)13-1-3-14(21)4-2-13/h1-6,11,18H,7-10,12H2,(H,22,25)/p+1/t18-/m0/s1. The topological polar surface area (TPSA) is 85.9 Å². The van der Waals surface area contributed by atoms with Crippen molar-refractivity contribution in [2.24, 2.45) is 0 Å². The Hall–Kier alpha value is -2.55. The van der Waals surface area contributed by atoms with E-state index in [0.717, 1.165) is 24.7 Å². The molecular weight excluding hydrogens is 389 g/mol. The highest BCUT2D eigenvalue weighted by Gasteiger charge is 2.27. The van der Waals surface area contributed by atoms with Crippen LogP contribution >= 0.6 is 11.6 Å². The van der Waals surface area contributed by atoms with Crippen LogP contribution in [0.25, 0.3) is 0 Å². The maximum Gasteiger partial charge on any atom is 0.270 e. The molecule has 0 spiro atoms. The van der Waals surface area contributed by atoms with Gasteiger partial charge in [-0.3, -0.25) is 14.9 Å². The number of morpholine rings is 1. The van der Waals surface area contributed by atoms with Crippen LogP contribution in [0.2, 0.25) is 5.02 Å². The number of carbonyl (C=O) groups excluding carboxylic acids is 1. The van der Waals surface area contributed by atoms with Gasteiger partial charge in [0.25, 0.3) is 11.6 Å². The number of quaternary nitrogens is 1. The Bertz CT molecular complexity index is 857. The Morgan fingerprint density at radius 1 is 1.25 bits per heavy atom. The molecule has 1 aliphatic rings. The van der Waals surface area contributed by atoms with E-state index in [2.05, 4.69) is 5.32 Å². The number of nitrogens with zero attached hydrogens (tertiary/aromatic N) is 1. The van der Waals surface area contributed by atoms with Gasteiger partial charge in [-0.1, -0.05) is 23.7 Å². The molecule has 1 fully saturated rings. The van der Waals surface area contributed by atoms with E-state index < -0.39 is 10.8 Å². The molecule has 1 amide bonds. The number of carbonyl (C=O) groups is 1. The molecule has 0 aliphatic carbocycles. The third kappa shape index (κ3) is 4.83. The van der Waals surface area contributed by atoms with Gasteiger partial charge in [-0.25, -0.2) is 4.39 Å². The number of nitrogens with one attached hydrogen (secondary N) is 2. The summed E-state index contributed by atoms with van der Waals surface area (Å²) >= 11 is 6.04. The highest BCUT2D eigenvalue weighted by molar-refractivity contribution is 6.34. The van der Waals surface area contributed by atoms with Gasteiger partial charge in [-0.2, -0.15) is 0 Å². The molecular formula is C19H20ClFN3O4+. The summed E-state index contributed by atoms with van der Waals surface area (Å²) in [4.78, 5) is 24.0. The minimum Gasteiger partial charge on any atom is -0.370 e. The molecule has 7 nitrogen and oxygen atoms in total. The first-order chi connectivity index (χ1) is 13.5. The maximum absolute atomic E-state index is 13.3. The molecule has 1 atom stereocenters. The predicted octanol–water partition coefficient (Wildman–Crippen LogP) is 1.77. The van der Waals surface area contributed by atoms with Crippen molar-refractivity contribution in [3.8, 4) is 0 Å². The summed E-state index contributed by atoms with van der Waals surface area (Å²) in [6, 6.07) is 9.89. The number of amides is 1. The quantitative estimate of drug-likeness (QED) is 0.563. The summed E-state index contributed by atoms with van der Waals surface area (Å²) < 4.78 is 18.7. The number of rotatable bonds is 6. The summed E-state index contributed by atoms with van der Waals surface area (Å²) in [5.74, 6) is -0.735. The fraction of sp³-hybridized carbons (Fsp3) is 0.316. The average molecular weight is 409 g/mol. The lowest BCUT2D eigenvalue weighted by molar-refractivity contribution is -0.937. The van der Waals surface area contributed by atoms with E-state index in [1.54, 1.807) is 12.1 Å². The number of halogens is 2. The van der Waals surface area contributed by atoms with Crippen LogP contribution in [0.3, 0.4) is 0 Å². The number of nitro groups is 1. The molecule has 0 radical (unpaired) electrons. The normalized spacial score (nSPS) is 15.8. The molecule has 0 saturated carbocycles. The fourth-order valence-corrected chi connectivity index (χ4v) is 3.53. The van der Waals surface area contributed by atoms with Gasteiger partial charge in [-0.05, 0) is 18.2 Å². The molecule has 3 rings (SSSR count). The summed E-state index contributed by atoms with van der Waals surface area (Å²) in [6.07, 6.45) is 0.